The molecule has 0 bridgehead atoms. The fraction of sp³-hybridized carbons (Fsp3) is 0.190. The van der Waals surface area contributed by atoms with Crippen molar-refractivity contribution in [1.82, 2.24) is 4.57 Å². The zero-order chi connectivity index (χ0) is 16.4. The summed E-state index contributed by atoms with van der Waals surface area (Å²) in [4.78, 5) is 0. The second kappa shape index (κ2) is 6.29. The van der Waals surface area contributed by atoms with Gasteiger partial charge < -0.3 is 9.67 Å². The number of hydrogen-bond donors (Lipinski definition) is 1. The first kappa shape index (κ1) is 15.4. The second-order valence-electron chi connectivity index (χ2n) is 5.73. The zero-order valence-corrected chi connectivity index (χ0v) is 13.6. The lowest BCUT2D eigenvalue weighted by molar-refractivity contribution is 0.229. The Labute approximate surface area is 137 Å². The highest BCUT2D eigenvalue weighted by Crippen LogP contribution is 2.33. The van der Waals surface area contributed by atoms with Gasteiger partial charge in [-0.25, -0.2) is 0 Å². The minimum atomic E-state index is -0.748. The fourth-order valence-electron chi connectivity index (χ4n) is 3.11. The van der Waals surface area contributed by atoms with Crippen LogP contribution in [0.1, 0.15) is 29.8 Å². The summed E-state index contributed by atoms with van der Waals surface area (Å²) >= 11 is 0. The number of aryl methyl sites for hydroxylation is 2. The third kappa shape index (κ3) is 2.75. The number of fused-ring (bicyclic) bond motifs is 1. The maximum absolute atomic E-state index is 11.0. The Hall–Kier alpha value is -2.54. The summed E-state index contributed by atoms with van der Waals surface area (Å²) in [7, 11) is 0. The molecule has 1 aromatic heterocycles. The Kier molecular flexibility index (Phi) is 4.20. The van der Waals surface area contributed by atoms with Gasteiger partial charge in [0.1, 0.15) is 6.10 Å². The van der Waals surface area contributed by atoms with Gasteiger partial charge in [0, 0.05) is 23.0 Å². The third-order valence-corrected chi connectivity index (χ3v) is 4.23. The van der Waals surface area contributed by atoms with Crippen LogP contribution < -0.4 is 0 Å². The summed E-state index contributed by atoms with van der Waals surface area (Å²) < 4.78 is 2.15. The van der Waals surface area contributed by atoms with E-state index in [1.807, 2.05) is 30.3 Å². The van der Waals surface area contributed by atoms with Gasteiger partial charge in [0.2, 0.25) is 0 Å². The van der Waals surface area contributed by atoms with Crippen molar-refractivity contribution in [2.75, 3.05) is 0 Å². The van der Waals surface area contributed by atoms with E-state index < -0.39 is 6.10 Å². The Bertz CT molecular complexity index is 883. The van der Waals surface area contributed by atoms with Gasteiger partial charge in [0.25, 0.3) is 0 Å². The van der Waals surface area contributed by atoms with Crippen LogP contribution in [-0.4, -0.2) is 9.67 Å². The number of aliphatic hydroxyl groups is 1. The smallest absolute Gasteiger partial charge is 0.127 e. The first-order valence-corrected chi connectivity index (χ1v) is 7.89. The number of aromatic nitrogens is 1. The predicted octanol–water partition coefficient (Wildman–Crippen LogP) is 4.87. The lowest BCUT2D eigenvalue weighted by Crippen LogP contribution is -2.08. The molecule has 0 spiro atoms. The van der Waals surface area contributed by atoms with Gasteiger partial charge in [0.05, 0.1) is 5.69 Å². The third-order valence-electron chi connectivity index (χ3n) is 4.23. The molecule has 0 fully saturated rings. The molecule has 0 aliphatic carbocycles. The van der Waals surface area contributed by atoms with Crippen LogP contribution in [0, 0.1) is 6.92 Å². The van der Waals surface area contributed by atoms with Crippen molar-refractivity contribution in [3.05, 3.63) is 83.7 Å². The van der Waals surface area contributed by atoms with Crippen LogP contribution in [0.4, 0.5) is 0 Å². The van der Waals surface area contributed by atoms with Crippen LogP contribution in [0.2, 0.25) is 0 Å². The van der Waals surface area contributed by atoms with Gasteiger partial charge in [-0.2, -0.15) is 0 Å². The molecule has 2 heteroatoms. The minimum absolute atomic E-state index is 0.708. The highest BCUT2D eigenvalue weighted by atomic mass is 16.3. The molecule has 0 radical (unpaired) electrons. The second-order valence-corrected chi connectivity index (χ2v) is 5.73. The summed E-state index contributed by atoms with van der Waals surface area (Å²) in [6.45, 7) is 8.75. The maximum Gasteiger partial charge on any atom is 0.127 e. The van der Waals surface area contributed by atoms with Crippen molar-refractivity contribution < 1.29 is 5.11 Å². The van der Waals surface area contributed by atoms with Crippen LogP contribution in [0.25, 0.3) is 16.5 Å². The van der Waals surface area contributed by atoms with Gasteiger partial charge in [0.15, 0.2) is 0 Å². The Morgan fingerprint density at radius 3 is 2.57 bits per heavy atom. The average Bonchev–Trinajstić information content (AvgIpc) is 2.94. The first-order valence-electron chi connectivity index (χ1n) is 7.89. The van der Waals surface area contributed by atoms with Crippen molar-refractivity contribution in [3.8, 4) is 0 Å². The highest BCUT2D eigenvalue weighted by molar-refractivity contribution is 5.83. The average molecular weight is 303 g/mol. The van der Waals surface area contributed by atoms with E-state index in [2.05, 4.69) is 55.0 Å². The van der Waals surface area contributed by atoms with E-state index in [0.717, 1.165) is 28.7 Å². The van der Waals surface area contributed by atoms with Gasteiger partial charge >= 0.3 is 0 Å². The molecule has 1 atom stereocenters. The molecule has 116 valence electrons. The summed E-state index contributed by atoms with van der Waals surface area (Å²) in [5, 5.41) is 12.1. The molecule has 1 heterocycles. The minimum Gasteiger partial charge on any atom is -0.381 e. The van der Waals surface area contributed by atoms with Crippen LogP contribution in [0.15, 0.2) is 66.9 Å². The van der Waals surface area contributed by atoms with Crippen molar-refractivity contribution in [2.24, 2.45) is 0 Å². The standard InChI is InChI=1S/C21H21NO/c1-4-18(16-9-7-6-8-10-16)21(23)20-14-17-13-15(3)11-12-19(17)22(20)5-2/h6-14,21,23H,1,5H2,2-3H3. The number of rotatable bonds is 4. The van der Waals surface area contributed by atoms with Crippen molar-refractivity contribution in [2.45, 2.75) is 26.5 Å². The number of benzene rings is 2. The van der Waals surface area contributed by atoms with Crippen molar-refractivity contribution in [1.29, 1.82) is 0 Å². The van der Waals surface area contributed by atoms with Crippen LogP contribution in [0.5, 0.6) is 0 Å². The Balaban J connectivity index is 2.13. The maximum atomic E-state index is 11.0. The molecule has 3 rings (SSSR count). The first-order chi connectivity index (χ1) is 11.2. The molecule has 2 nitrogen and oxygen atoms in total. The van der Waals surface area contributed by atoms with Crippen LogP contribution in [-0.2, 0) is 6.54 Å². The normalized spacial score (nSPS) is 12.1. The van der Waals surface area contributed by atoms with Gasteiger partial charge in [-0.3, -0.25) is 0 Å². The van der Waals surface area contributed by atoms with Crippen molar-refractivity contribution >= 4 is 16.5 Å². The SMILES string of the molecule is C=C=C(c1ccccc1)C(O)c1cc2cc(C)ccc2n1CC. The summed E-state index contributed by atoms with van der Waals surface area (Å²) in [5.41, 5.74) is 7.82. The van der Waals surface area contributed by atoms with Gasteiger partial charge in [-0.1, -0.05) is 48.5 Å². The van der Waals surface area contributed by atoms with E-state index in [9.17, 15) is 5.11 Å². The quantitative estimate of drug-likeness (QED) is 0.683. The van der Waals surface area contributed by atoms with Crippen LogP contribution >= 0.6 is 0 Å². The molecular weight excluding hydrogens is 282 g/mol. The Morgan fingerprint density at radius 2 is 1.91 bits per heavy atom. The van der Waals surface area contributed by atoms with Gasteiger partial charge in [-0.15, -0.1) is 5.73 Å². The van der Waals surface area contributed by atoms with E-state index in [4.69, 9.17) is 0 Å². The number of nitrogens with zero attached hydrogens (tertiary/aromatic N) is 1. The topological polar surface area (TPSA) is 25.2 Å². The molecule has 23 heavy (non-hydrogen) atoms. The molecule has 0 saturated carbocycles. The molecule has 0 saturated heterocycles. The van der Waals surface area contributed by atoms with E-state index >= 15 is 0 Å². The number of aliphatic hydroxyl groups excluding tert-OH is 1. The van der Waals surface area contributed by atoms with E-state index in [1.165, 1.54) is 5.56 Å². The monoisotopic (exact) mass is 303 g/mol. The predicted molar refractivity (Wildman–Crippen MR) is 96.3 cm³/mol. The van der Waals surface area contributed by atoms with E-state index in [0.29, 0.717) is 5.57 Å². The lowest BCUT2D eigenvalue weighted by atomic mass is 9.99. The van der Waals surface area contributed by atoms with Gasteiger partial charge in [-0.05, 0) is 37.6 Å². The molecule has 0 amide bonds. The largest absolute Gasteiger partial charge is 0.381 e. The summed E-state index contributed by atoms with van der Waals surface area (Å²) in [5.74, 6) is 0. The van der Waals surface area contributed by atoms with E-state index in [1.54, 1.807) is 0 Å². The zero-order valence-electron chi connectivity index (χ0n) is 13.6. The molecule has 0 aliphatic rings. The molecule has 3 aromatic rings. The molecule has 2 aromatic carbocycles. The fourth-order valence-corrected chi connectivity index (χ4v) is 3.11. The molecule has 1 unspecified atom stereocenters. The Morgan fingerprint density at radius 1 is 1.17 bits per heavy atom. The van der Waals surface area contributed by atoms with Crippen LogP contribution in [0.3, 0.4) is 0 Å². The van der Waals surface area contributed by atoms with Crippen molar-refractivity contribution in [3.63, 3.8) is 0 Å². The molecular formula is C21H21NO. The summed E-state index contributed by atoms with van der Waals surface area (Å²) in [6, 6.07) is 18.3. The van der Waals surface area contributed by atoms with E-state index in [-0.39, 0.29) is 0 Å². The highest BCUT2D eigenvalue weighted by Gasteiger charge is 2.20. The lowest BCUT2D eigenvalue weighted by Gasteiger charge is -2.16. The molecule has 0 aliphatic heterocycles. The summed E-state index contributed by atoms with van der Waals surface area (Å²) in [6.07, 6.45) is -0.748. The molecule has 1 N–H and O–H groups in total. The number of hydrogen-bond acceptors (Lipinski definition) is 1.